The van der Waals surface area contributed by atoms with Crippen LogP contribution in [-0.2, 0) is 11.0 Å². The first-order valence-corrected chi connectivity index (χ1v) is 12.2. The molecule has 6 nitrogen and oxygen atoms in total. The number of carbonyl (C=O) groups excluding carboxylic acids is 1. The molecule has 0 saturated carbocycles. The molecule has 2 unspecified atom stereocenters. The highest BCUT2D eigenvalue weighted by Gasteiger charge is 2.47. The maximum absolute atomic E-state index is 13.3. The predicted octanol–water partition coefficient (Wildman–Crippen LogP) is 5.06. The fourth-order valence-electron chi connectivity index (χ4n) is 3.74. The molecule has 190 valence electrons. The summed E-state index contributed by atoms with van der Waals surface area (Å²) in [6, 6.07) is 2.86. The number of aliphatic hydroxyl groups excluding tert-OH is 2. The van der Waals surface area contributed by atoms with E-state index in [4.69, 9.17) is 5.11 Å². The number of benzene rings is 1. The zero-order valence-corrected chi connectivity index (χ0v) is 21.8. The van der Waals surface area contributed by atoms with E-state index in [1.54, 1.807) is 11.8 Å². The number of aliphatic imine (C=N–C) groups is 1. The quantitative estimate of drug-likeness (QED) is 0.506. The lowest BCUT2D eigenvalue weighted by atomic mass is 9.84. The largest absolute Gasteiger partial charge is 0.509 e. The Balaban J connectivity index is 0.00000129. The van der Waals surface area contributed by atoms with Crippen molar-refractivity contribution in [3.63, 3.8) is 0 Å². The molecular formula is C24H35F3N3O3P. The number of nitrogens with zero attached hydrogens (tertiary/aromatic N) is 2. The van der Waals surface area contributed by atoms with Crippen molar-refractivity contribution in [2.45, 2.75) is 67.1 Å². The van der Waals surface area contributed by atoms with Crippen LogP contribution in [0.1, 0.15) is 60.5 Å². The molecule has 2 atom stereocenters. The molecule has 2 aliphatic heterocycles. The average molecular weight is 502 g/mol. The van der Waals surface area contributed by atoms with Gasteiger partial charge in [-0.25, -0.2) is 4.99 Å². The van der Waals surface area contributed by atoms with E-state index in [1.165, 1.54) is 6.07 Å². The molecule has 0 bridgehead atoms. The first-order chi connectivity index (χ1) is 15.5. The topological polar surface area (TPSA) is 85.2 Å². The second-order valence-electron chi connectivity index (χ2n) is 10.6. The Morgan fingerprint density at radius 3 is 2.24 bits per heavy atom. The third kappa shape index (κ3) is 6.51. The minimum atomic E-state index is -4.43. The Labute approximate surface area is 201 Å². The van der Waals surface area contributed by atoms with Crippen LogP contribution in [0.15, 0.2) is 34.5 Å². The first kappa shape index (κ1) is 28.1. The molecular weight excluding hydrogens is 466 g/mol. The molecule has 0 spiro atoms. The molecule has 1 amide bonds. The molecule has 1 aromatic carbocycles. The van der Waals surface area contributed by atoms with Crippen molar-refractivity contribution >= 4 is 31.5 Å². The van der Waals surface area contributed by atoms with Crippen molar-refractivity contribution in [1.82, 2.24) is 9.99 Å². The summed E-state index contributed by atoms with van der Waals surface area (Å²) in [7, 11) is -0.199. The molecule has 0 radical (unpaired) electrons. The summed E-state index contributed by atoms with van der Waals surface area (Å²) in [5.41, 5.74) is -0.658. The van der Waals surface area contributed by atoms with Crippen LogP contribution in [0, 0.1) is 10.8 Å². The number of amidine groups is 1. The number of amides is 1. The van der Waals surface area contributed by atoms with Crippen molar-refractivity contribution in [2.75, 3.05) is 13.2 Å². The highest BCUT2D eigenvalue weighted by Crippen LogP contribution is 2.39. The Bertz CT molecular complexity index is 976. The van der Waals surface area contributed by atoms with E-state index in [2.05, 4.69) is 30.9 Å². The molecule has 0 aromatic heterocycles. The number of rotatable bonds is 3. The number of carbonyl (C=O) groups is 1. The second kappa shape index (κ2) is 10.2. The van der Waals surface area contributed by atoms with Crippen LogP contribution in [0.3, 0.4) is 0 Å². The van der Waals surface area contributed by atoms with Gasteiger partial charge in [-0.2, -0.15) is 13.2 Å². The Morgan fingerprint density at radius 1 is 1.15 bits per heavy atom. The first-order valence-electron chi connectivity index (χ1n) is 11.2. The Morgan fingerprint density at radius 2 is 1.74 bits per heavy atom. The number of alkyl halides is 3. The zero-order valence-electron chi connectivity index (χ0n) is 20.8. The summed E-state index contributed by atoms with van der Waals surface area (Å²) in [6.07, 6.45) is -3.67. The number of fused-ring (bicyclic) bond motifs is 1. The van der Waals surface area contributed by atoms with Gasteiger partial charge in [-0.15, -0.1) is 0 Å². The van der Waals surface area contributed by atoms with Crippen molar-refractivity contribution in [2.24, 2.45) is 15.8 Å². The summed E-state index contributed by atoms with van der Waals surface area (Å²) < 4.78 is 39.0. The van der Waals surface area contributed by atoms with Gasteiger partial charge in [0.05, 0.1) is 17.3 Å². The molecule has 0 fully saturated rings. The maximum Gasteiger partial charge on any atom is 0.416 e. The van der Waals surface area contributed by atoms with Crippen molar-refractivity contribution in [3.8, 4) is 0 Å². The summed E-state index contributed by atoms with van der Waals surface area (Å²) in [6.45, 7) is 14.6. The zero-order chi connectivity index (χ0) is 26.1. The van der Waals surface area contributed by atoms with E-state index >= 15 is 0 Å². The van der Waals surface area contributed by atoms with Crippen molar-refractivity contribution in [3.05, 3.63) is 35.1 Å². The normalized spacial score (nSPS) is 19.5. The standard InChI is InChI=1S/C22H29F3N3O2P.C2H6O/c1-20(2,3)9-10-28-17(21(4,5)6)16(29)15(19(28)30)18-26-13-8-7-12(22(23,24)25)11-14(13)31-27-18;1-2-3/h7-8,11,17,29,31H,9-10H2,1-6H3,(H,26,27);3H,2H2,1H3. The van der Waals surface area contributed by atoms with Gasteiger partial charge in [-0.3, -0.25) is 4.79 Å². The lowest BCUT2D eigenvalue weighted by Crippen LogP contribution is -2.45. The SMILES string of the molecule is CC(C)(C)CCN1C(=O)C(C2=Nc3ccc(C(F)(F)F)cc3PN2)=C(O)C1C(C)(C)C.CCO. The predicted molar refractivity (Wildman–Crippen MR) is 131 cm³/mol. The smallest absolute Gasteiger partial charge is 0.416 e. The van der Waals surface area contributed by atoms with Crippen molar-refractivity contribution < 1.29 is 28.2 Å². The highest BCUT2D eigenvalue weighted by molar-refractivity contribution is 7.46. The number of nitrogens with one attached hydrogen (secondary N) is 1. The second-order valence-corrected chi connectivity index (χ2v) is 11.6. The van der Waals surface area contributed by atoms with Gasteiger partial charge in [-0.1, -0.05) is 41.5 Å². The molecule has 2 heterocycles. The summed E-state index contributed by atoms with van der Waals surface area (Å²) in [5, 5.41) is 22.0. The third-order valence-electron chi connectivity index (χ3n) is 5.33. The lowest BCUT2D eigenvalue weighted by molar-refractivity contribution is -0.137. The van der Waals surface area contributed by atoms with Crippen LogP contribution in [0.25, 0.3) is 0 Å². The van der Waals surface area contributed by atoms with E-state index in [9.17, 15) is 23.1 Å². The van der Waals surface area contributed by atoms with E-state index in [-0.39, 0.29) is 43.8 Å². The van der Waals surface area contributed by atoms with Gasteiger partial charge in [0.15, 0.2) is 0 Å². The van der Waals surface area contributed by atoms with Crippen LogP contribution < -0.4 is 10.4 Å². The van der Waals surface area contributed by atoms with Gasteiger partial charge >= 0.3 is 6.18 Å². The average Bonchev–Trinajstić information content (AvgIpc) is 2.94. The highest BCUT2D eigenvalue weighted by atomic mass is 31.1. The fraction of sp³-hybridized carbons (Fsp3) is 0.583. The number of hydrogen-bond donors (Lipinski definition) is 3. The van der Waals surface area contributed by atoms with E-state index < -0.39 is 23.2 Å². The van der Waals surface area contributed by atoms with Crippen LogP contribution in [0.4, 0.5) is 18.9 Å². The number of aliphatic hydroxyl groups is 2. The molecule has 2 aliphatic rings. The maximum atomic E-state index is 13.3. The summed E-state index contributed by atoms with van der Waals surface area (Å²) >= 11 is 0. The van der Waals surface area contributed by atoms with Crippen LogP contribution in [0.5, 0.6) is 0 Å². The number of halogens is 3. The monoisotopic (exact) mass is 501 g/mol. The minimum Gasteiger partial charge on any atom is -0.509 e. The lowest BCUT2D eigenvalue weighted by Gasteiger charge is -2.36. The molecule has 3 rings (SSSR count). The fourth-order valence-corrected chi connectivity index (χ4v) is 4.67. The van der Waals surface area contributed by atoms with Gasteiger partial charge in [0.25, 0.3) is 5.91 Å². The molecule has 1 aromatic rings. The van der Waals surface area contributed by atoms with Gasteiger partial charge in [0.1, 0.15) is 17.2 Å². The Kier molecular flexibility index (Phi) is 8.47. The Hall–Kier alpha value is -2.12. The molecule has 0 aliphatic carbocycles. The third-order valence-corrected chi connectivity index (χ3v) is 6.36. The van der Waals surface area contributed by atoms with Crippen molar-refractivity contribution in [1.29, 1.82) is 0 Å². The molecule has 34 heavy (non-hydrogen) atoms. The van der Waals surface area contributed by atoms with Gasteiger partial charge in [-0.05, 0) is 42.4 Å². The summed E-state index contributed by atoms with van der Waals surface area (Å²) in [4.78, 5) is 19.4. The molecule has 10 heteroatoms. The summed E-state index contributed by atoms with van der Waals surface area (Å²) in [5.74, 6) is -0.147. The van der Waals surface area contributed by atoms with Crippen LogP contribution >= 0.6 is 8.73 Å². The molecule has 3 N–H and O–H groups in total. The van der Waals surface area contributed by atoms with Gasteiger partial charge in [0, 0.05) is 27.2 Å². The van der Waals surface area contributed by atoms with Gasteiger partial charge < -0.3 is 20.2 Å². The van der Waals surface area contributed by atoms with Crippen LogP contribution in [0.2, 0.25) is 0 Å². The molecule has 0 saturated heterocycles. The van der Waals surface area contributed by atoms with Crippen LogP contribution in [-0.4, -0.2) is 46.0 Å². The minimum absolute atomic E-state index is 0.0121. The van der Waals surface area contributed by atoms with E-state index in [0.29, 0.717) is 17.5 Å². The van der Waals surface area contributed by atoms with E-state index in [1.807, 2.05) is 20.8 Å². The van der Waals surface area contributed by atoms with Gasteiger partial charge in [0.2, 0.25) is 0 Å². The number of hydrogen-bond acceptors (Lipinski definition) is 5. The van der Waals surface area contributed by atoms with E-state index in [0.717, 1.165) is 18.6 Å².